The lowest BCUT2D eigenvalue weighted by Crippen LogP contribution is -2.08. The van der Waals surface area contributed by atoms with Gasteiger partial charge < -0.3 is 11.1 Å². The second-order valence-electron chi connectivity index (χ2n) is 2.89. The van der Waals surface area contributed by atoms with Gasteiger partial charge in [0.25, 0.3) is 0 Å². The smallest absolute Gasteiger partial charge is 0.248 e. The fraction of sp³-hybridized carbons (Fsp3) is 0.182. The van der Waals surface area contributed by atoms with Crippen LogP contribution in [-0.2, 0) is 11.3 Å². The van der Waals surface area contributed by atoms with Gasteiger partial charge in [-0.2, -0.15) is 0 Å². The molecule has 0 bridgehead atoms. The Kier molecular flexibility index (Phi) is 3.88. The second-order valence-corrected chi connectivity index (χ2v) is 2.89. The zero-order valence-corrected chi connectivity index (χ0v) is 8.16. The van der Waals surface area contributed by atoms with Gasteiger partial charge >= 0.3 is 0 Å². The lowest BCUT2D eigenvalue weighted by atomic mass is 10.2. The van der Waals surface area contributed by atoms with E-state index >= 15 is 0 Å². The number of carbonyl (C=O) groups is 1. The molecule has 1 rings (SSSR count). The van der Waals surface area contributed by atoms with Gasteiger partial charge in [0, 0.05) is 12.2 Å². The van der Waals surface area contributed by atoms with E-state index in [2.05, 4.69) is 5.32 Å². The Bertz CT molecular complexity index is 345. The van der Waals surface area contributed by atoms with E-state index in [0.29, 0.717) is 6.54 Å². The van der Waals surface area contributed by atoms with Gasteiger partial charge in [0.2, 0.25) is 5.91 Å². The normalized spacial score (nSPS) is 10.4. The summed E-state index contributed by atoms with van der Waals surface area (Å²) in [7, 11) is 0. The number of nitrogens with two attached hydrogens (primary N) is 1. The molecule has 0 spiro atoms. The standard InChI is InChI=1S/C11H14N2O/c1-2-4-11(14)13-10-6-3-5-9(7-10)8-12/h2-7H,8,12H2,1H3,(H,13,14). The third-order valence-electron chi connectivity index (χ3n) is 1.75. The molecular weight excluding hydrogens is 176 g/mol. The molecule has 0 atom stereocenters. The molecule has 0 fully saturated rings. The molecule has 0 unspecified atom stereocenters. The number of amides is 1. The van der Waals surface area contributed by atoms with Gasteiger partial charge in [0.15, 0.2) is 0 Å². The third-order valence-corrected chi connectivity index (χ3v) is 1.75. The lowest BCUT2D eigenvalue weighted by Gasteiger charge is -2.03. The van der Waals surface area contributed by atoms with Gasteiger partial charge in [0.05, 0.1) is 0 Å². The summed E-state index contributed by atoms with van der Waals surface area (Å²) in [5.74, 6) is -0.123. The van der Waals surface area contributed by atoms with Gasteiger partial charge in [0.1, 0.15) is 0 Å². The molecular formula is C11H14N2O. The summed E-state index contributed by atoms with van der Waals surface area (Å²) in [6.07, 6.45) is 3.18. The van der Waals surface area contributed by atoms with Crippen LogP contribution in [0.3, 0.4) is 0 Å². The zero-order chi connectivity index (χ0) is 10.4. The molecule has 3 N–H and O–H groups in total. The van der Waals surface area contributed by atoms with Crippen molar-refractivity contribution in [2.75, 3.05) is 5.32 Å². The summed E-state index contributed by atoms with van der Waals surface area (Å²) in [5, 5.41) is 2.74. The molecule has 1 aromatic rings. The monoisotopic (exact) mass is 190 g/mol. The van der Waals surface area contributed by atoms with E-state index in [-0.39, 0.29) is 5.91 Å². The number of nitrogens with one attached hydrogen (secondary N) is 1. The average Bonchev–Trinajstić information content (AvgIpc) is 2.18. The van der Waals surface area contributed by atoms with Crippen LogP contribution in [0.15, 0.2) is 36.4 Å². The Hall–Kier alpha value is -1.61. The van der Waals surface area contributed by atoms with Crippen molar-refractivity contribution in [1.82, 2.24) is 0 Å². The van der Waals surface area contributed by atoms with Gasteiger partial charge in [-0.25, -0.2) is 0 Å². The van der Waals surface area contributed by atoms with Crippen LogP contribution in [-0.4, -0.2) is 5.91 Å². The average molecular weight is 190 g/mol. The van der Waals surface area contributed by atoms with Crippen molar-refractivity contribution >= 4 is 11.6 Å². The van der Waals surface area contributed by atoms with E-state index in [4.69, 9.17) is 5.73 Å². The third kappa shape index (κ3) is 3.03. The summed E-state index contributed by atoms with van der Waals surface area (Å²) in [6.45, 7) is 2.28. The van der Waals surface area contributed by atoms with Crippen LogP contribution < -0.4 is 11.1 Å². The molecule has 0 aliphatic heterocycles. The van der Waals surface area contributed by atoms with Gasteiger partial charge in [-0.1, -0.05) is 18.2 Å². The second kappa shape index (κ2) is 5.19. The Labute approximate surface area is 83.6 Å². The summed E-state index contributed by atoms with van der Waals surface area (Å²) in [6, 6.07) is 7.49. The molecule has 14 heavy (non-hydrogen) atoms. The zero-order valence-electron chi connectivity index (χ0n) is 8.16. The van der Waals surface area contributed by atoms with Crippen molar-refractivity contribution in [1.29, 1.82) is 0 Å². The quantitative estimate of drug-likeness (QED) is 0.712. The van der Waals surface area contributed by atoms with Crippen LogP contribution in [0.5, 0.6) is 0 Å². The van der Waals surface area contributed by atoms with Crippen molar-refractivity contribution in [2.45, 2.75) is 13.5 Å². The van der Waals surface area contributed by atoms with Crippen molar-refractivity contribution in [3.05, 3.63) is 42.0 Å². The van der Waals surface area contributed by atoms with Crippen LogP contribution in [0.2, 0.25) is 0 Å². The van der Waals surface area contributed by atoms with Gasteiger partial charge in [-0.3, -0.25) is 4.79 Å². The predicted molar refractivity (Wildman–Crippen MR) is 57.8 cm³/mol. The molecule has 0 saturated carbocycles. The Morgan fingerprint density at radius 2 is 2.36 bits per heavy atom. The Morgan fingerprint density at radius 3 is 3.00 bits per heavy atom. The fourth-order valence-corrected chi connectivity index (χ4v) is 1.11. The van der Waals surface area contributed by atoms with Crippen LogP contribution in [0, 0.1) is 0 Å². The summed E-state index contributed by atoms with van der Waals surface area (Å²) in [5.41, 5.74) is 7.26. The van der Waals surface area contributed by atoms with Crippen LogP contribution >= 0.6 is 0 Å². The van der Waals surface area contributed by atoms with Crippen molar-refractivity contribution in [2.24, 2.45) is 5.73 Å². The summed E-state index contributed by atoms with van der Waals surface area (Å²) in [4.78, 5) is 11.2. The molecule has 74 valence electrons. The fourth-order valence-electron chi connectivity index (χ4n) is 1.11. The first-order chi connectivity index (χ1) is 6.76. The van der Waals surface area contributed by atoms with E-state index in [9.17, 15) is 4.79 Å². The minimum absolute atomic E-state index is 0.123. The number of hydrogen-bond donors (Lipinski definition) is 2. The highest BCUT2D eigenvalue weighted by atomic mass is 16.1. The minimum Gasteiger partial charge on any atom is -0.326 e. The van der Waals surface area contributed by atoms with Gasteiger partial charge in [-0.15, -0.1) is 0 Å². The number of anilines is 1. The van der Waals surface area contributed by atoms with E-state index < -0.39 is 0 Å². The van der Waals surface area contributed by atoms with Crippen molar-refractivity contribution in [3.8, 4) is 0 Å². The maximum atomic E-state index is 11.2. The predicted octanol–water partition coefficient (Wildman–Crippen LogP) is 1.66. The molecule has 0 saturated heterocycles. The first kappa shape index (κ1) is 10.5. The van der Waals surface area contributed by atoms with Crippen LogP contribution in [0.1, 0.15) is 12.5 Å². The largest absolute Gasteiger partial charge is 0.326 e. The van der Waals surface area contributed by atoms with Crippen molar-refractivity contribution < 1.29 is 4.79 Å². The number of hydrogen-bond acceptors (Lipinski definition) is 2. The number of benzene rings is 1. The number of carbonyl (C=O) groups excluding carboxylic acids is 1. The molecule has 0 heterocycles. The molecule has 0 aliphatic carbocycles. The van der Waals surface area contributed by atoms with E-state index in [0.717, 1.165) is 11.3 Å². The maximum Gasteiger partial charge on any atom is 0.248 e. The SMILES string of the molecule is CC=CC(=O)Nc1cccc(CN)c1. The molecule has 1 amide bonds. The highest BCUT2D eigenvalue weighted by Gasteiger charge is 1.97. The van der Waals surface area contributed by atoms with E-state index in [1.807, 2.05) is 24.3 Å². The Balaban J connectivity index is 2.71. The summed E-state index contributed by atoms with van der Waals surface area (Å²) < 4.78 is 0. The lowest BCUT2D eigenvalue weighted by molar-refractivity contribution is -0.111. The maximum absolute atomic E-state index is 11.2. The van der Waals surface area contributed by atoms with Gasteiger partial charge in [-0.05, 0) is 30.7 Å². The molecule has 1 aromatic carbocycles. The molecule has 3 heteroatoms. The number of allylic oxidation sites excluding steroid dienone is 1. The molecule has 3 nitrogen and oxygen atoms in total. The van der Waals surface area contributed by atoms with Crippen LogP contribution in [0.4, 0.5) is 5.69 Å². The van der Waals surface area contributed by atoms with E-state index in [1.165, 1.54) is 6.08 Å². The topological polar surface area (TPSA) is 55.1 Å². The van der Waals surface area contributed by atoms with Crippen molar-refractivity contribution in [3.63, 3.8) is 0 Å². The minimum atomic E-state index is -0.123. The molecule has 0 aromatic heterocycles. The molecule has 0 radical (unpaired) electrons. The highest BCUT2D eigenvalue weighted by Crippen LogP contribution is 2.09. The highest BCUT2D eigenvalue weighted by molar-refractivity contribution is 5.99. The Morgan fingerprint density at radius 1 is 1.57 bits per heavy atom. The summed E-state index contributed by atoms with van der Waals surface area (Å²) >= 11 is 0. The van der Waals surface area contributed by atoms with E-state index in [1.54, 1.807) is 13.0 Å². The first-order valence-electron chi connectivity index (χ1n) is 4.49. The molecule has 0 aliphatic rings. The number of rotatable bonds is 3. The first-order valence-corrected chi connectivity index (χ1v) is 4.49. The van der Waals surface area contributed by atoms with Crippen LogP contribution in [0.25, 0.3) is 0 Å².